The van der Waals surface area contributed by atoms with Crippen LogP contribution in [0.15, 0.2) is 29.4 Å². The molecule has 0 fully saturated rings. The lowest BCUT2D eigenvalue weighted by Gasteiger charge is -2.07. The molecule has 20 heavy (non-hydrogen) atoms. The fourth-order valence-corrected chi connectivity index (χ4v) is 2.60. The topological polar surface area (TPSA) is 97.0 Å². The van der Waals surface area contributed by atoms with Gasteiger partial charge in [-0.15, -0.1) is 0 Å². The van der Waals surface area contributed by atoms with Crippen LogP contribution in [0.25, 0.3) is 0 Å². The number of nitrogens with one attached hydrogen (secondary N) is 2. The molecule has 108 valence electrons. The molecule has 0 saturated carbocycles. The molecule has 0 radical (unpaired) electrons. The van der Waals surface area contributed by atoms with Gasteiger partial charge in [0.25, 0.3) is 0 Å². The number of ether oxygens (including phenoxy) is 1. The van der Waals surface area contributed by atoms with Crippen molar-refractivity contribution in [3.05, 3.63) is 36.2 Å². The second-order valence-electron chi connectivity index (χ2n) is 3.88. The van der Waals surface area contributed by atoms with Crippen LogP contribution in [0.5, 0.6) is 5.75 Å². The lowest BCUT2D eigenvalue weighted by Crippen LogP contribution is -2.26. The molecular formula is C11H13FN4O3S. The van der Waals surface area contributed by atoms with Gasteiger partial charge in [-0.25, -0.2) is 22.5 Å². The highest BCUT2D eigenvalue weighted by Gasteiger charge is 2.16. The van der Waals surface area contributed by atoms with E-state index < -0.39 is 15.8 Å². The van der Waals surface area contributed by atoms with E-state index in [1.807, 2.05) is 0 Å². The fourth-order valence-electron chi connectivity index (χ4n) is 1.55. The molecule has 9 heteroatoms. The van der Waals surface area contributed by atoms with Crippen LogP contribution in [0, 0.1) is 5.82 Å². The van der Waals surface area contributed by atoms with E-state index in [1.165, 1.54) is 25.6 Å². The average molecular weight is 300 g/mol. The standard InChI is InChI=1S/C11H13FN4O3S/c1-19-10-3-2-8(6-9(10)12)20(17,18)15-5-4-11-13-7-14-16-11/h2-3,6-7,15H,4-5H2,1H3,(H,13,14,16). The highest BCUT2D eigenvalue weighted by Crippen LogP contribution is 2.20. The monoisotopic (exact) mass is 300 g/mol. The van der Waals surface area contributed by atoms with E-state index >= 15 is 0 Å². The van der Waals surface area contributed by atoms with Gasteiger partial charge in [0, 0.05) is 13.0 Å². The van der Waals surface area contributed by atoms with Gasteiger partial charge in [0.05, 0.1) is 12.0 Å². The molecule has 0 amide bonds. The zero-order chi connectivity index (χ0) is 14.6. The van der Waals surface area contributed by atoms with Crippen LogP contribution in [0.1, 0.15) is 5.82 Å². The Morgan fingerprint density at radius 1 is 1.45 bits per heavy atom. The molecular weight excluding hydrogens is 287 g/mol. The van der Waals surface area contributed by atoms with E-state index in [0.717, 1.165) is 6.07 Å². The number of hydrogen-bond donors (Lipinski definition) is 2. The first kappa shape index (κ1) is 14.4. The molecule has 1 aromatic heterocycles. The van der Waals surface area contributed by atoms with E-state index in [1.54, 1.807) is 0 Å². The van der Waals surface area contributed by atoms with Gasteiger partial charge in [-0.2, -0.15) is 5.10 Å². The van der Waals surface area contributed by atoms with Crippen LogP contribution in [-0.4, -0.2) is 37.3 Å². The van der Waals surface area contributed by atoms with Crippen molar-refractivity contribution in [1.82, 2.24) is 19.9 Å². The van der Waals surface area contributed by atoms with E-state index in [2.05, 4.69) is 19.9 Å². The number of nitrogens with zero attached hydrogens (tertiary/aromatic N) is 2. The maximum absolute atomic E-state index is 13.5. The van der Waals surface area contributed by atoms with Crippen LogP contribution in [0.4, 0.5) is 4.39 Å². The van der Waals surface area contributed by atoms with Gasteiger partial charge in [-0.1, -0.05) is 0 Å². The van der Waals surface area contributed by atoms with Gasteiger partial charge in [-0.05, 0) is 18.2 Å². The first-order chi connectivity index (χ1) is 9.53. The minimum absolute atomic E-state index is 0.00869. The summed E-state index contributed by atoms with van der Waals surface area (Å²) in [5.74, 6) is -0.176. The van der Waals surface area contributed by atoms with Crippen molar-refractivity contribution < 1.29 is 17.5 Å². The molecule has 0 bridgehead atoms. The summed E-state index contributed by atoms with van der Waals surface area (Å²) < 4.78 is 44.5. The Morgan fingerprint density at radius 2 is 2.25 bits per heavy atom. The molecule has 7 nitrogen and oxygen atoms in total. The summed E-state index contributed by atoms with van der Waals surface area (Å²) in [7, 11) is -2.46. The van der Waals surface area contributed by atoms with Crippen molar-refractivity contribution in [3.8, 4) is 5.75 Å². The van der Waals surface area contributed by atoms with Gasteiger partial charge in [0.1, 0.15) is 12.2 Å². The smallest absolute Gasteiger partial charge is 0.240 e. The molecule has 0 aliphatic carbocycles. The average Bonchev–Trinajstić information content (AvgIpc) is 2.91. The second kappa shape index (κ2) is 5.97. The number of aromatic nitrogens is 3. The fraction of sp³-hybridized carbons (Fsp3) is 0.273. The maximum atomic E-state index is 13.5. The number of sulfonamides is 1. The molecule has 0 saturated heterocycles. The highest BCUT2D eigenvalue weighted by atomic mass is 32.2. The van der Waals surface area contributed by atoms with E-state index in [4.69, 9.17) is 4.74 Å². The summed E-state index contributed by atoms with van der Waals surface area (Å²) in [5, 5.41) is 6.26. The summed E-state index contributed by atoms with van der Waals surface area (Å²) in [4.78, 5) is 3.71. The molecule has 2 rings (SSSR count). The van der Waals surface area contributed by atoms with Crippen LogP contribution in [0.3, 0.4) is 0 Å². The molecule has 0 aliphatic heterocycles. The Labute approximate surface area is 115 Å². The normalized spacial score (nSPS) is 11.5. The largest absolute Gasteiger partial charge is 0.494 e. The molecule has 1 aromatic carbocycles. The molecule has 0 atom stereocenters. The van der Waals surface area contributed by atoms with Crippen LogP contribution >= 0.6 is 0 Å². The van der Waals surface area contributed by atoms with Crippen molar-refractivity contribution in [3.63, 3.8) is 0 Å². The number of halogens is 1. The number of rotatable bonds is 6. The van der Waals surface area contributed by atoms with Gasteiger partial charge in [0.15, 0.2) is 11.6 Å². The van der Waals surface area contributed by atoms with Crippen molar-refractivity contribution in [2.45, 2.75) is 11.3 Å². The summed E-state index contributed by atoms with van der Waals surface area (Å²) >= 11 is 0. The lowest BCUT2D eigenvalue weighted by molar-refractivity contribution is 0.385. The van der Waals surface area contributed by atoms with Crippen molar-refractivity contribution in [1.29, 1.82) is 0 Å². The lowest BCUT2D eigenvalue weighted by atomic mass is 10.3. The second-order valence-corrected chi connectivity index (χ2v) is 5.64. The summed E-state index contributed by atoms with van der Waals surface area (Å²) in [6.45, 7) is 0.130. The molecule has 0 unspecified atom stereocenters. The third-order valence-electron chi connectivity index (χ3n) is 2.55. The molecule has 2 N–H and O–H groups in total. The van der Waals surface area contributed by atoms with Crippen LogP contribution < -0.4 is 9.46 Å². The Hall–Kier alpha value is -2.00. The molecule has 0 aliphatic rings. The highest BCUT2D eigenvalue weighted by molar-refractivity contribution is 7.89. The number of methoxy groups -OCH3 is 1. The Bertz CT molecular complexity index is 673. The number of aromatic amines is 1. The van der Waals surface area contributed by atoms with Crippen molar-refractivity contribution in [2.24, 2.45) is 0 Å². The Balaban J connectivity index is 2.04. The van der Waals surface area contributed by atoms with Crippen molar-refractivity contribution in [2.75, 3.05) is 13.7 Å². The van der Waals surface area contributed by atoms with E-state index in [-0.39, 0.29) is 17.2 Å². The minimum atomic E-state index is -3.77. The minimum Gasteiger partial charge on any atom is -0.494 e. The van der Waals surface area contributed by atoms with E-state index in [9.17, 15) is 12.8 Å². The third-order valence-corrected chi connectivity index (χ3v) is 4.01. The van der Waals surface area contributed by atoms with Gasteiger partial charge in [0.2, 0.25) is 10.0 Å². The number of H-pyrrole nitrogens is 1. The Kier molecular flexibility index (Phi) is 4.30. The zero-order valence-corrected chi connectivity index (χ0v) is 11.4. The van der Waals surface area contributed by atoms with Gasteiger partial charge >= 0.3 is 0 Å². The first-order valence-electron chi connectivity index (χ1n) is 5.70. The van der Waals surface area contributed by atoms with Crippen LogP contribution in [-0.2, 0) is 16.4 Å². The van der Waals surface area contributed by atoms with Gasteiger partial charge < -0.3 is 4.74 Å². The first-order valence-corrected chi connectivity index (χ1v) is 7.18. The van der Waals surface area contributed by atoms with Crippen molar-refractivity contribution >= 4 is 10.0 Å². The quantitative estimate of drug-likeness (QED) is 0.808. The third kappa shape index (κ3) is 3.31. The number of hydrogen-bond acceptors (Lipinski definition) is 5. The van der Waals surface area contributed by atoms with Crippen LogP contribution in [0.2, 0.25) is 0 Å². The molecule has 1 heterocycles. The zero-order valence-electron chi connectivity index (χ0n) is 10.6. The van der Waals surface area contributed by atoms with Gasteiger partial charge in [-0.3, -0.25) is 5.10 Å². The Morgan fingerprint density at radius 3 is 2.85 bits per heavy atom. The maximum Gasteiger partial charge on any atom is 0.240 e. The molecule has 2 aromatic rings. The summed E-state index contributed by atoms with van der Waals surface area (Å²) in [6.07, 6.45) is 1.69. The predicted molar refractivity (Wildman–Crippen MR) is 68.2 cm³/mol. The SMILES string of the molecule is COc1ccc(S(=O)(=O)NCCc2ncn[nH]2)cc1F. The molecule has 0 spiro atoms. The predicted octanol–water partition coefficient (Wildman–Crippen LogP) is 0.473. The number of benzene rings is 1. The van der Waals surface area contributed by atoms with E-state index in [0.29, 0.717) is 12.2 Å². The summed E-state index contributed by atoms with van der Waals surface area (Å²) in [6, 6.07) is 3.45. The summed E-state index contributed by atoms with van der Waals surface area (Å²) in [5.41, 5.74) is 0.